The van der Waals surface area contributed by atoms with Crippen LogP contribution in [0.4, 0.5) is 4.79 Å². The zero-order chi connectivity index (χ0) is 17.7. The van der Waals surface area contributed by atoms with Gasteiger partial charge in [0.05, 0.1) is 7.11 Å². The first-order valence-corrected chi connectivity index (χ1v) is 8.08. The standard InChI is InChI=1S/C19H26N2O3/c1-19(2,3)24-18(22)21-14(12-20)11-16-15-8-6-5-7-13(15)9-10-17(16)23-4/h5-10,14H,11-12,20H2,1-4H3,(H,21,22). The molecule has 0 aliphatic carbocycles. The Labute approximate surface area is 143 Å². The van der Waals surface area contributed by atoms with E-state index in [2.05, 4.69) is 11.4 Å². The molecule has 0 aliphatic rings. The number of carbonyl (C=O) groups excluding carboxylic acids is 1. The highest BCUT2D eigenvalue weighted by Gasteiger charge is 2.20. The number of nitrogens with one attached hydrogen (secondary N) is 1. The topological polar surface area (TPSA) is 73.6 Å². The lowest BCUT2D eigenvalue weighted by Crippen LogP contribution is -2.44. The number of hydrogen-bond acceptors (Lipinski definition) is 4. The lowest BCUT2D eigenvalue weighted by Gasteiger charge is -2.24. The van der Waals surface area contributed by atoms with Gasteiger partial charge in [-0.1, -0.05) is 30.3 Å². The first kappa shape index (κ1) is 18.1. The highest BCUT2D eigenvalue weighted by molar-refractivity contribution is 5.88. The van der Waals surface area contributed by atoms with Gasteiger partial charge in [-0.25, -0.2) is 4.79 Å². The van der Waals surface area contributed by atoms with E-state index in [4.69, 9.17) is 15.2 Å². The fourth-order valence-corrected chi connectivity index (χ4v) is 2.63. The Kier molecular flexibility index (Phi) is 5.67. The van der Waals surface area contributed by atoms with Crippen molar-refractivity contribution < 1.29 is 14.3 Å². The maximum atomic E-state index is 12.0. The average molecular weight is 330 g/mol. The molecule has 0 saturated heterocycles. The molecule has 2 aromatic carbocycles. The third-order valence-electron chi connectivity index (χ3n) is 3.67. The molecule has 3 N–H and O–H groups in total. The summed E-state index contributed by atoms with van der Waals surface area (Å²) in [4.78, 5) is 12.0. The molecule has 24 heavy (non-hydrogen) atoms. The summed E-state index contributed by atoms with van der Waals surface area (Å²) in [6, 6.07) is 11.8. The maximum Gasteiger partial charge on any atom is 0.407 e. The minimum atomic E-state index is -0.541. The Hall–Kier alpha value is -2.27. The zero-order valence-electron chi connectivity index (χ0n) is 14.8. The second-order valence-electron chi connectivity index (χ2n) is 6.75. The molecule has 0 heterocycles. The van der Waals surface area contributed by atoms with Gasteiger partial charge in [-0.15, -0.1) is 0 Å². The molecule has 1 unspecified atom stereocenters. The van der Waals surface area contributed by atoms with E-state index in [-0.39, 0.29) is 6.04 Å². The molecule has 0 aromatic heterocycles. The molecule has 0 fully saturated rings. The second kappa shape index (κ2) is 7.53. The Balaban J connectivity index is 2.24. The number of hydrogen-bond donors (Lipinski definition) is 2. The molecule has 5 heteroatoms. The van der Waals surface area contributed by atoms with Gasteiger partial charge in [0, 0.05) is 18.2 Å². The smallest absolute Gasteiger partial charge is 0.407 e. The molecular formula is C19H26N2O3. The average Bonchev–Trinajstić information content (AvgIpc) is 2.52. The number of ether oxygens (including phenoxy) is 2. The van der Waals surface area contributed by atoms with Gasteiger partial charge in [-0.3, -0.25) is 0 Å². The molecule has 2 aromatic rings. The molecule has 2 rings (SSSR count). The second-order valence-corrected chi connectivity index (χ2v) is 6.75. The van der Waals surface area contributed by atoms with Gasteiger partial charge in [0.15, 0.2) is 0 Å². The van der Waals surface area contributed by atoms with Crippen molar-refractivity contribution in [2.45, 2.75) is 38.8 Å². The molecule has 1 amide bonds. The fourth-order valence-electron chi connectivity index (χ4n) is 2.63. The van der Waals surface area contributed by atoms with Gasteiger partial charge in [0.25, 0.3) is 0 Å². The van der Waals surface area contributed by atoms with Crippen LogP contribution in [0.3, 0.4) is 0 Å². The molecule has 5 nitrogen and oxygen atoms in total. The lowest BCUT2D eigenvalue weighted by molar-refractivity contribution is 0.0506. The first-order valence-electron chi connectivity index (χ1n) is 8.08. The quantitative estimate of drug-likeness (QED) is 0.882. The molecule has 0 bridgehead atoms. The number of benzene rings is 2. The van der Waals surface area contributed by atoms with Crippen molar-refractivity contribution in [2.24, 2.45) is 5.73 Å². The van der Waals surface area contributed by atoms with E-state index in [0.717, 1.165) is 22.1 Å². The Morgan fingerprint density at radius 1 is 1.21 bits per heavy atom. The molecule has 0 aliphatic heterocycles. The van der Waals surface area contributed by atoms with Crippen molar-refractivity contribution in [3.63, 3.8) is 0 Å². The summed E-state index contributed by atoms with van der Waals surface area (Å²) in [6.07, 6.45) is 0.109. The van der Waals surface area contributed by atoms with E-state index in [1.165, 1.54) is 0 Å². The molecule has 0 spiro atoms. The van der Waals surface area contributed by atoms with Crippen molar-refractivity contribution in [3.8, 4) is 5.75 Å². The van der Waals surface area contributed by atoms with E-state index >= 15 is 0 Å². The van der Waals surface area contributed by atoms with Crippen LogP contribution in [0, 0.1) is 0 Å². The largest absolute Gasteiger partial charge is 0.496 e. The van der Waals surface area contributed by atoms with Crippen LogP contribution in [0.2, 0.25) is 0 Å². The number of fused-ring (bicyclic) bond motifs is 1. The summed E-state index contributed by atoms with van der Waals surface area (Å²) in [5.41, 5.74) is 6.35. The molecule has 0 radical (unpaired) electrons. The van der Waals surface area contributed by atoms with Crippen LogP contribution in [0.25, 0.3) is 10.8 Å². The number of rotatable bonds is 5. The molecule has 1 atom stereocenters. The third kappa shape index (κ3) is 4.61. The van der Waals surface area contributed by atoms with E-state index in [1.807, 2.05) is 51.1 Å². The normalized spacial score (nSPS) is 12.7. The predicted molar refractivity (Wildman–Crippen MR) is 96.4 cm³/mol. The lowest BCUT2D eigenvalue weighted by atomic mass is 9.97. The molecule has 0 saturated carbocycles. The summed E-state index contributed by atoms with van der Waals surface area (Å²) >= 11 is 0. The van der Waals surface area contributed by atoms with Crippen LogP contribution < -0.4 is 15.8 Å². The third-order valence-corrected chi connectivity index (χ3v) is 3.67. The van der Waals surface area contributed by atoms with Crippen molar-refractivity contribution in [3.05, 3.63) is 42.0 Å². The SMILES string of the molecule is COc1ccc2ccccc2c1CC(CN)NC(=O)OC(C)(C)C. The van der Waals surface area contributed by atoms with Crippen molar-refractivity contribution >= 4 is 16.9 Å². The summed E-state index contributed by atoms with van der Waals surface area (Å²) < 4.78 is 10.8. The van der Waals surface area contributed by atoms with E-state index < -0.39 is 11.7 Å². The Morgan fingerprint density at radius 2 is 1.92 bits per heavy atom. The van der Waals surface area contributed by atoms with Gasteiger partial charge < -0.3 is 20.5 Å². The van der Waals surface area contributed by atoms with E-state index in [1.54, 1.807) is 7.11 Å². The highest BCUT2D eigenvalue weighted by atomic mass is 16.6. The van der Waals surface area contributed by atoms with Crippen LogP contribution in [-0.4, -0.2) is 31.4 Å². The molecule has 130 valence electrons. The minimum absolute atomic E-state index is 0.237. The molecular weight excluding hydrogens is 304 g/mol. The zero-order valence-corrected chi connectivity index (χ0v) is 14.8. The van der Waals surface area contributed by atoms with Gasteiger partial charge in [0.1, 0.15) is 11.4 Å². The maximum absolute atomic E-state index is 12.0. The van der Waals surface area contributed by atoms with Crippen molar-refractivity contribution in [1.29, 1.82) is 0 Å². The van der Waals surface area contributed by atoms with Gasteiger partial charge in [-0.05, 0) is 44.0 Å². The highest BCUT2D eigenvalue weighted by Crippen LogP contribution is 2.29. The van der Waals surface area contributed by atoms with Crippen LogP contribution in [0.1, 0.15) is 26.3 Å². The number of amides is 1. The van der Waals surface area contributed by atoms with Crippen LogP contribution >= 0.6 is 0 Å². The predicted octanol–water partition coefficient (Wildman–Crippen LogP) is 3.24. The van der Waals surface area contributed by atoms with Gasteiger partial charge in [-0.2, -0.15) is 0 Å². The van der Waals surface area contributed by atoms with E-state index in [0.29, 0.717) is 13.0 Å². The van der Waals surface area contributed by atoms with Crippen molar-refractivity contribution in [2.75, 3.05) is 13.7 Å². The summed E-state index contributed by atoms with van der Waals surface area (Å²) in [5.74, 6) is 0.790. The van der Waals surface area contributed by atoms with Gasteiger partial charge >= 0.3 is 6.09 Å². The summed E-state index contributed by atoms with van der Waals surface area (Å²) in [7, 11) is 1.65. The number of nitrogens with two attached hydrogens (primary N) is 1. The van der Waals surface area contributed by atoms with Crippen LogP contribution in [0.5, 0.6) is 5.75 Å². The Morgan fingerprint density at radius 3 is 2.54 bits per heavy atom. The Bertz CT molecular complexity index is 707. The monoisotopic (exact) mass is 330 g/mol. The van der Waals surface area contributed by atoms with Crippen LogP contribution in [-0.2, 0) is 11.2 Å². The fraction of sp³-hybridized carbons (Fsp3) is 0.421. The summed E-state index contributed by atoms with van der Waals surface area (Å²) in [5, 5.41) is 5.07. The van der Waals surface area contributed by atoms with E-state index in [9.17, 15) is 4.79 Å². The number of alkyl carbamates (subject to hydrolysis) is 1. The summed E-state index contributed by atoms with van der Waals surface area (Å²) in [6.45, 7) is 5.80. The van der Waals surface area contributed by atoms with Gasteiger partial charge in [0.2, 0.25) is 0 Å². The van der Waals surface area contributed by atoms with Crippen molar-refractivity contribution in [1.82, 2.24) is 5.32 Å². The van der Waals surface area contributed by atoms with Crippen LogP contribution in [0.15, 0.2) is 36.4 Å². The number of methoxy groups -OCH3 is 1. The number of carbonyl (C=O) groups is 1. The first-order chi connectivity index (χ1) is 11.3. The minimum Gasteiger partial charge on any atom is -0.496 e.